The van der Waals surface area contributed by atoms with Crippen LogP contribution in [-0.4, -0.2) is 34.9 Å². The van der Waals surface area contributed by atoms with Gasteiger partial charge in [-0.05, 0) is 17.7 Å². The molecular weight excluding hydrogens is 320 g/mol. The van der Waals surface area contributed by atoms with Crippen LogP contribution < -0.4 is 14.8 Å². The van der Waals surface area contributed by atoms with Crippen molar-refractivity contribution >= 4 is 11.7 Å². The Kier molecular flexibility index (Phi) is 4.94. The van der Waals surface area contributed by atoms with Gasteiger partial charge in [0.2, 0.25) is 5.88 Å². The summed E-state index contributed by atoms with van der Waals surface area (Å²) in [6.07, 6.45) is 1.59. The van der Waals surface area contributed by atoms with Gasteiger partial charge in [0.05, 0.1) is 20.8 Å². The Labute approximate surface area is 145 Å². The summed E-state index contributed by atoms with van der Waals surface area (Å²) in [5.41, 5.74) is 1.48. The third-order valence-corrected chi connectivity index (χ3v) is 3.62. The van der Waals surface area contributed by atoms with Crippen molar-refractivity contribution in [2.24, 2.45) is 0 Å². The van der Waals surface area contributed by atoms with E-state index >= 15 is 0 Å². The molecule has 0 aliphatic heterocycles. The first kappa shape index (κ1) is 16.5. The lowest BCUT2D eigenvalue weighted by atomic mass is 10.2. The van der Waals surface area contributed by atoms with Crippen LogP contribution in [0.3, 0.4) is 0 Å². The average molecular weight is 338 g/mol. The number of carbonyl (C=O) groups is 1. The van der Waals surface area contributed by atoms with Gasteiger partial charge < -0.3 is 14.8 Å². The van der Waals surface area contributed by atoms with Gasteiger partial charge in [-0.2, -0.15) is 10.1 Å². The first-order chi connectivity index (χ1) is 12.2. The molecule has 25 heavy (non-hydrogen) atoms. The third kappa shape index (κ3) is 3.77. The molecule has 0 saturated carbocycles. The Morgan fingerprint density at radius 3 is 2.60 bits per heavy atom. The van der Waals surface area contributed by atoms with Crippen LogP contribution in [0.1, 0.15) is 16.1 Å². The molecule has 0 atom stereocenters. The van der Waals surface area contributed by atoms with Gasteiger partial charge in [-0.25, -0.2) is 0 Å². The van der Waals surface area contributed by atoms with Gasteiger partial charge in [-0.15, -0.1) is 0 Å². The van der Waals surface area contributed by atoms with E-state index in [4.69, 9.17) is 9.47 Å². The van der Waals surface area contributed by atoms with Gasteiger partial charge in [0, 0.05) is 12.3 Å². The number of anilines is 1. The van der Waals surface area contributed by atoms with E-state index in [1.807, 2.05) is 30.3 Å². The summed E-state index contributed by atoms with van der Waals surface area (Å²) in [7, 11) is 3.02. The van der Waals surface area contributed by atoms with Crippen molar-refractivity contribution in [3.05, 3.63) is 66.0 Å². The standard InChI is InChI=1S/C18H18N4O3/c1-24-15-8-9-16(25-2)20-17(15)21-18(23)14-10-11-19-22(14)12-13-6-4-3-5-7-13/h3-11H,12H2,1-2H3,(H,20,21,23). The van der Waals surface area contributed by atoms with Gasteiger partial charge in [0.25, 0.3) is 5.91 Å². The number of carbonyl (C=O) groups excluding carboxylic acids is 1. The lowest BCUT2D eigenvalue weighted by Crippen LogP contribution is -2.19. The number of rotatable bonds is 6. The number of ether oxygens (including phenoxy) is 2. The number of benzene rings is 1. The highest BCUT2D eigenvalue weighted by atomic mass is 16.5. The lowest BCUT2D eigenvalue weighted by Gasteiger charge is -2.11. The number of methoxy groups -OCH3 is 2. The maximum Gasteiger partial charge on any atom is 0.275 e. The molecule has 0 saturated heterocycles. The van der Waals surface area contributed by atoms with Gasteiger partial charge in [0.15, 0.2) is 11.6 Å². The Bertz CT molecular complexity index is 862. The van der Waals surface area contributed by atoms with E-state index in [1.165, 1.54) is 14.2 Å². The minimum Gasteiger partial charge on any atom is -0.493 e. The zero-order valence-electron chi connectivity index (χ0n) is 14.0. The number of amides is 1. The minimum atomic E-state index is -0.326. The fourth-order valence-corrected chi connectivity index (χ4v) is 2.38. The van der Waals surface area contributed by atoms with E-state index in [0.717, 1.165) is 5.56 Å². The molecule has 0 bridgehead atoms. The number of pyridine rings is 1. The number of nitrogens with zero attached hydrogens (tertiary/aromatic N) is 3. The first-order valence-corrected chi connectivity index (χ1v) is 7.67. The highest BCUT2D eigenvalue weighted by Crippen LogP contribution is 2.25. The van der Waals surface area contributed by atoms with Crippen molar-refractivity contribution in [3.63, 3.8) is 0 Å². The van der Waals surface area contributed by atoms with Crippen molar-refractivity contribution in [3.8, 4) is 11.6 Å². The highest BCUT2D eigenvalue weighted by molar-refractivity contribution is 6.03. The van der Waals surface area contributed by atoms with E-state index in [1.54, 1.807) is 29.1 Å². The second-order valence-electron chi connectivity index (χ2n) is 5.22. The second-order valence-corrected chi connectivity index (χ2v) is 5.22. The summed E-state index contributed by atoms with van der Waals surface area (Å²) in [5, 5.41) is 6.98. The molecule has 1 aromatic carbocycles. The Morgan fingerprint density at radius 2 is 1.88 bits per heavy atom. The number of aromatic nitrogens is 3. The molecule has 0 spiro atoms. The van der Waals surface area contributed by atoms with Gasteiger partial charge in [0.1, 0.15) is 5.69 Å². The third-order valence-electron chi connectivity index (χ3n) is 3.62. The maximum atomic E-state index is 12.6. The molecule has 0 radical (unpaired) electrons. The normalized spacial score (nSPS) is 10.3. The molecular formula is C18H18N4O3. The molecule has 7 nitrogen and oxygen atoms in total. The van der Waals surface area contributed by atoms with Crippen LogP contribution in [0.5, 0.6) is 11.6 Å². The van der Waals surface area contributed by atoms with Crippen LogP contribution >= 0.6 is 0 Å². The Morgan fingerprint density at radius 1 is 1.08 bits per heavy atom. The lowest BCUT2D eigenvalue weighted by molar-refractivity contribution is 0.101. The quantitative estimate of drug-likeness (QED) is 0.747. The van der Waals surface area contributed by atoms with Crippen LogP contribution in [-0.2, 0) is 6.54 Å². The van der Waals surface area contributed by atoms with E-state index in [9.17, 15) is 4.79 Å². The Hall–Kier alpha value is -3.35. The molecule has 3 rings (SSSR count). The molecule has 128 valence electrons. The van der Waals surface area contributed by atoms with Crippen LogP contribution in [0.2, 0.25) is 0 Å². The van der Waals surface area contributed by atoms with Crippen molar-refractivity contribution in [2.75, 3.05) is 19.5 Å². The van der Waals surface area contributed by atoms with Crippen LogP contribution in [0.15, 0.2) is 54.7 Å². The van der Waals surface area contributed by atoms with Crippen LogP contribution in [0.4, 0.5) is 5.82 Å². The second kappa shape index (κ2) is 7.48. The molecule has 0 aliphatic carbocycles. The molecule has 1 N–H and O–H groups in total. The topological polar surface area (TPSA) is 78.3 Å². The van der Waals surface area contributed by atoms with Crippen molar-refractivity contribution < 1.29 is 14.3 Å². The zero-order chi connectivity index (χ0) is 17.6. The van der Waals surface area contributed by atoms with Crippen molar-refractivity contribution in [1.29, 1.82) is 0 Å². The van der Waals surface area contributed by atoms with Gasteiger partial charge in [-0.3, -0.25) is 9.48 Å². The molecule has 2 heterocycles. The van der Waals surface area contributed by atoms with E-state index < -0.39 is 0 Å². The minimum absolute atomic E-state index is 0.291. The smallest absolute Gasteiger partial charge is 0.275 e. The van der Waals surface area contributed by atoms with E-state index in [-0.39, 0.29) is 5.91 Å². The predicted octanol–water partition coefficient (Wildman–Crippen LogP) is 2.60. The monoisotopic (exact) mass is 338 g/mol. The molecule has 0 fully saturated rings. The van der Waals surface area contributed by atoms with Crippen LogP contribution in [0, 0.1) is 0 Å². The summed E-state index contributed by atoms with van der Waals surface area (Å²) >= 11 is 0. The predicted molar refractivity (Wildman–Crippen MR) is 93.1 cm³/mol. The fraction of sp³-hybridized carbons (Fsp3) is 0.167. The number of hydrogen-bond acceptors (Lipinski definition) is 5. The largest absolute Gasteiger partial charge is 0.493 e. The molecule has 0 unspecified atom stereocenters. The van der Waals surface area contributed by atoms with Crippen molar-refractivity contribution in [1.82, 2.24) is 14.8 Å². The molecule has 7 heteroatoms. The van der Waals surface area contributed by atoms with Crippen LogP contribution in [0.25, 0.3) is 0 Å². The molecule has 2 aromatic heterocycles. The first-order valence-electron chi connectivity index (χ1n) is 7.67. The SMILES string of the molecule is COc1ccc(OC)c(NC(=O)c2ccnn2Cc2ccccc2)n1. The zero-order valence-corrected chi connectivity index (χ0v) is 14.0. The highest BCUT2D eigenvalue weighted by Gasteiger charge is 2.16. The molecule has 1 amide bonds. The Balaban J connectivity index is 1.82. The number of hydrogen-bond donors (Lipinski definition) is 1. The van der Waals surface area contributed by atoms with Gasteiger partial charge in [-0.1, -0.05) is 30.3 Å². The summed E-state index contributed by atoms with van der Waals surface area (Å²) in [5.74, 6) is 0.795. The van der Waals surface area contributed by atoms with E-state index in [2.05, 4.69) is 15.4 Å². The fourth-order valence-electron chi connectivity index (χ4n) is 2.38. The maximum absolute atomic E-state index is 12.6. The number of nitrogens with one attached hydrogen (secondary N) is 1. The molecule has 0 aliphatic rings. The van der Waals surface area contributed by atoms with E-state index in [0.29, 0.717) is 29.7 Å². The molecule has 3 aromatic rings. The average Bonchev–Trinajstić information content (AvgIpc) is 3.10. The summed E-state index contributed by atoms with van der Waals surface area (Å²) in [6.45, 7) is 0.499. The summed E-state index contributed by atoms with van der Waals surface area (Å²) in [4.78, 5) is 16.9. The summed E-state index contributed by atoms with van der Waals surface area (Å²) < 4.78 is 12.0. The van der Waals surface area contributed by atoms with Crippen molar-refractivity contribution in [2.45, 2.75) is 6.54 Å². The summed E-state index contributed by atoms with van der Waals surface area (Å²) in [6, 6.07) is 14.8. The van der Waals surface area contributed by atoms with Gasteiger partial charge >= 0.3 is 0 Å².